The van der Waals surface area contributed by atoms with Gasteiger partial charge in [-0.05, 0) is 120 Å². The maximum atomic E-state index is 14.5. The quantitative estimate of drug-likeness (QED) is 0.0633. The summed E-state index contributed by atoms with van der Waals surface area (Å²) in [4.78, 5) is 120. The molecule has 0 spiro atoms. The second kappa shape index (κ2) is 23.9. The molecule has 4 aliphatic rings. The zero-order chi connectivity index (χ0) is 53.6. The van der Waals surface area contributed by atoms with E-state index in [0.29, 0.717) is 97.3 Å². The van der Waals surface area contributed by atoms with Crippen LogP contribution in [0, 0.1) is 18.7 Å². The summed E-state index contributed by atoms with van der Waals surface area (Å²) in [6.45, 7) is 7.68. The molecule has 76 heavy (non-hydrogen) atoms. The highest BCUT2D eigenvalue weighted by atomic mass is 32.1. The predicted octanol–water partition coefficient (Wildman–Crippen LogP) is 7.87. The van der Waals surface area contributed by atoms with Crippen LogP contribution in [0.1, 0.15) is 159 Å². The van der Waals surface area contributed by atoms with Crippen LogP contribution in [0.5, 0.6) is 0 Å². The van der Waals surface area contributed by atoms with Gasteiger partial charge in [0, 0.05) is 81.2 Å². The van der Waals surface area contributed by atoms with E-state index in [9.17, 15) is 38.0 Å². The van der Waals surface area contributed by atoms with E-state index >= 15 is 0 Å². The average molecular weight is 1060 g/mol. The van der Waals surface area contributed by atoms with Gasteiger partial charge in [-0.2, -0.15) is 4.98 Å². The van der Waals surface area contributed by atoms with Gasteiger partial charge in [0.05, 0.1) is 23.5 Å². The first-order chi connectivity index (χ1) is 36.7. The first-order valence-electron chi connectivity index (χ1n) is 27.0. The molecule has 402 valence electrons. The lowest BCUT2D eigenvalue weighted by Crippen LogP contribution is -2.56. The van der Waals surface area contributed by atoms with E-state index in [1.54, 1.807) is 48.1 Å². The summed E-state index contributed by atoms with van der Waals surface area (Å²) in [6.07, 6.45) is 14.6. The highest BCUT2D eigenvalue weighted by Crippen LogP contribution is 2.37. The van der Waals surface area contributed by atoms with Gasteiger partial charge in [-0.1, -0.05) is 32.1 Å². The molecule has 4 fully saturated rings. The number of hydrogen-bond acceptors (Lipinski definition) is 14. The number of unbranched alkanes of at least 4 members (excludes halogenated alkanes) is 1. The van der Waals surface area contributed by atoms with Crippen LogP contribution >= 0.6 is 11.3 Å². The highest BCUT2D eigenvalue weighted by molar-refractivity contribution is 7.10. The zero-order valence-electron chi connectivity index (χ0n) is 43.9. The van der Waals surface area contributed by atoms with Gasteiger partial charge in [-0.25, -0.2) is 19.3 Å². The number of thiazole rings is 1. The minimum Gasteiger partial charge on any atom is -0.367 e. The van der Waals surface area contributed by atoms with Gasteiger partial charge >= 0.3 is 0 Å². The third kappa shape index (κ3) is 11.9. The fourth-order valence-electron chi connectivity index (χ4n) is 11.4. The third-order valence-corrected chi connectivity index (χ3v) is 16.9. The maximum Gasteiger partial charge on any atom is 0.263 e. The average Bonchev–Trinajstić information content (AvgIpc) is 4.30. The molecule has 2 aliphatic carbocycles. The normalized spacial score (nSPS) is 18.2. The van der Waals surface area contributed by atoms with E-state index < -0.39 is 23.8 Å². The molecule has 6 heterocycles. The summed E-state index contributed by atoms with van der Waals surface area (Å²) in [5.74, 6) is -1.03. The highest BCUT2D eigenvalue weighted by Gasteiger charge is 2.41. The van der Waals surface area contributed by atoms with Gasteiger partial charge in [0.2, 0.25) is 35.4 Å². The second-order valence-corrected chi connectivity index (χ2v) is 21.8. The molecule has 2 unspecified atom stereocenters. The monoisotopic (exact) mass is 1060 g/mol. The molecule has 0 radical (unpaired) electrons. The lowest BCUT2D eigenvalue weighted by atomic mass is 9.83. The van der Waals surface area contributed by atoms with Crippen LogP contribution in [0.15, 0.2) is 59.0 Å². The number of carbonyl (C=O) groups excluding carboxylic acids is 6. The zero-order valence-corrected chi connectivity index (χ0v) is 44.7. The van der Waals surface area contributed by atoms with Gasteiger partial charge < -0.3 is 30.2 Å². The molecule has 2 saturated heterocycles. The Kier molecular flexibility index (Phi) is 17.0. The number of nitrogens with one attached hydrogen (secondary N) is 2. The number of nitrogens with zero attached hydrogens (tertiary/aromatic N) is 9. The molecule has 5 aromatic rings. The van der Waals surface area contributed by atoms with Crippen molar-refractivity contribution in [3.8, 4) is 0 Å². The van der Waals surface area contributed by atoms with Crippen LogP contribution in [-0.4, -0.2) is 126 Å². The van der Waals surface area contributed by atoms with Crippen LogP contribution < -0.4 is 21.1 Å². The van der Waals surface area contributed by atoms with Crippen molar-refractivity contribution < 1.29 is 33.2 Å². The molecular formula is C56H68FN11O7S. The van der Waals surface area contributed by atoms with Gasteiger partial charge in [-0.15, -0.1) is 11.3 Å². The molecule has 2 N–H and O–H groups in total. The van der Waals surface area contributed by atoms with Gasteiger partial charge in [-0.3, -0.25) is 38.1 Å². The van der Waals surface area contributed by atoms with E-state index in [1.807, 2.05) is 17.0 Å². The fourth-order valence-corrected chi connectivity index (χ4v) is 12.4. The topological polar surface area (TPSA) is 213 Å². The summed E-state index contributed by atoms with van der Waals surface area (Å²) >= 11 is 1.32. The Morgan fingerprint density at radius 3 is 2.24 bits per heavy atom. The third-order valence-electron chi connectivity index (χ3n) is 16.0. The Morgan fingerprint density at radius 1 is 0.829 bits per heavy atom. The molecule has 4 amide bonds. The molecule has 18 nitrogen and oxygen atoms in total. The molecular weight excluding hydrogens is 990 g/mol. The van der Waals surface area contributed by atoms with Crippen molar-refractivity contribution in [2.45, 2.75) is 141 Å². The van der Waals surface area contributed by atoms with Gasteiger partial charge in [0.25, 0.3) is 5.56 Å². The number of anilines is 3. The Hall–Kier alpha value is -6.96. The van der Waals surface area contributed by atoms with E-state index in [-0.39, 0.29) is 70.5 Å². The molecule has 0 bridgehead atoms. The van der Waals surface area contributed by atoms with Gasteiger partial charge in [0.1, 0.15) is 40.1 Å². The Bertz CT molecular complexity index is 3020. The standard InChI is InChI=1S/C56H68FN11O7S/c1-34-42-32-59-56(63-51(42)68(40-15-8-9-16-40)54(74)48(34)36(3)69)61-45-25-24-41(31-58-45)65-27-29-66(30-28-65)47(71)19-11-10-18-46(70)64(4)35(2)52(73)62-49(37-13-6-5-7-14-37)55(75)67-26-12-17-44(67)53-60-43(33-76-53)50(72)38-20-22-39(57)23-21-38/h20-25,31-33,35,37,40,44,49H,5-19,26-30H2,1-4H3,(H,62,73)(H,58,59,61,63)/t35?,44?,49-/m0/s1. The van der Waals surface area contributed by atoms with Crippen LogP contribution in [0.2, 0.25) is 0 Å². The smallest absolute Gasteiger partial charge is 0.263 e. The molecule has 2 saturated carbocycles. The minimum atomic E-state index is -0.838. The number of aryl methyl sites for hydroxylation is 1. The first-order valence-corrected chi connectivity index (χ1v) is 27.9. The SMILES string of the molecule is CC(=O)c1c(C)c2cnc(Nc3ccc(N4CCN(C(=O)CCCCC(=O)N(C)C(C)C(=O)N[C@H](C(=O)N5CCCC5c5nc(C(=O)c6ccc(F)cc6)cs5)C5CCCCC5)CC4)cn3)nc2n(C2CCCC2)c1=O. The Balaban J connectivity index is 0.726. The number of pyridine rings is 2. The molecule has 1 aromatic carbocycles. The molecule has 4 aromatic heterocycles. The number of fused-ring (bicyclic) bond motifs is 1. The first kappa shape index (κ1) is 53.9. The fraction of sp³-hybridized carbons (Fsp3) is 0.518. The lowest BCUT2D eigenvalue weighted by Gasteiger charge is -2.36. The van der Waals surface area contributed by atoms with Crippen molar-refractivity contribution in [1.82, 2.24) is 44.5 Å². The second-order valence-electron chi connectivity index (χ2n) is 20.9. The Morgan fingerprint density at radius 2 is 1.54 bits per heavy atom. The number of piperazine rings is 1. The van der Waals surface area contributed by atoms with Crippen molar-refractivity contribution in [2.24, 2.45) is 5.92 Å². The van der Waals surface area contributed by atoms with Crippen LogP contribution in [0.25, 0.3) is 11.0 Å². The summed E-state index contributed by atoms with van der Waals surface area (Å²) < 4.78 is 15.2. The van der Waals surface area contributed by atoms with E-state index in [0.717, 1.165) is 69.9 Å². The number of carbonyl (C=O) groups is 6. The van der Waals surface area contributed by atoms with E-state index in [4.69, 9.17) is 4.98 Å². The van der Waals surface area contributed by atoms with Crippen LogP contribution in [-0.2, 0) is 19.2 Å². The van der Waals surface area contributed by atoms with Crippen molar-refractivity contribution >= 4 is 75.0 Å². The molecule has 9 rings (SSSR count). The van der Waals surface area contributed by atoms with Crippen molar-refractivity contribution in [3.05, 3.63) is 97.7 Å². The molecule has 2 aliphatic heterocycles. The van der Waals surface area contributed by atoms with Crippen molar-refractivity contribution in [3.63, 3.8) is 0 Å². The summed E-state index contributed by atoms with van der Waals surface area (Å²) in [6, 6.07) is 7.14. The summed E-state index contributed by atoms with van der Waals surface area (Å²) in [5, 5.41) is 9.25. The number of aromatic nitrogens is 5. The number of ketones is 2. The van der Waals surface area contributed by atoms with E-state index in [1.165, 1.54) is 47.4 Å². The van der Waals surface area contributed by atoms with Crippen LogP contribution in [0.4, 0.5) is 21.8 Å². The predicted molar refractivity (Wildman–Crippen MR) is 287 cm³/mol. The number of amides is 4. The number of halogens is 1. The number of benzene rings is 1. The largest absolute Gasteiger partial charge is 0.367 e. The Labute approximate surface area is 445 Å². The number of hydrogen-bond donors (Lipinski definition) is 2. The molecule has 3 atom stereocenters. The number of rotatable bonds is 18. The number of likely N-dealkylation sites (tertiary alicyclic amines) is 1. The van der Waals surface area contributed by atoms with E-state index in [2.05, 4.69) is 30.5 Å². The number of Topliss-reactive ketones (excluding diaryl/α,β-unsaturated/α-hetero) is 1. The summed E-state index contributed by atoms with van der Waals surface area (Å²) in [7, 11) is 1.60. The van der Waals surface area contributed by atoms with Crippen molar-refractivity contribution in [1.29, 1.82) is 0 Å². The minimum absolute atomic E-state index is 0.0276. The molecule has 20 heteroatoms. The summed E-state index contributed by atoms with van der Waals surface area (Å²) in [5.41, 5.74) is 2.44. The van der Waals surface area contributed by atoms with Gasteiger partial charge in [0.15, 0.2) is 5.78 Å². The number of likely N-dealkylation sites (N-methyl/N-ethyl adjacent to an activating group) is 1. The van der Waals surface area contributed by atoms with Crippen molar-refractivity contribution in [2.75, 3.05) is 50.0 Å². The lowest BCUT2D eigenvalue weighted by molar-refractivity contribution is -0.142. The van der Waals surface area contributed by atoms with Crippen LogP contribution in [0.3, 0.4) is 0 Å². The maximum absolute atomic E-state index is 14.5.